The van der Waals surface area contributed by atoms with Crippen molar-refractivity contribution in [1.82, 2.24) is 0 Å². The predicted molar refractivity (Wildman–Crippen MR) is 183 cm³/mol. The van der Waals surface area contributed by atoms with E-state index in [9.17, 15) is 0 Å². The maximum atomic E-state index is 2.43. The highest BCUT2D eigenvalue weighted by atomic mass is 32.1. The Morgan fingerprint density at radius 3 is 1.27 bits per heavy atom. The molecule has 0 aliphatic carbocycles. The fourth-order valence-electron chi connectivity index (χ4n) is 6.10. The second-order valence-corrected chi connectivity index (χ2v) is 15.3. The highest BCUT2D eigenvalue weighted by molar-refractivity contribution is 7.27. The number of aryl methyl sites for hydroxylation is 2. The van der Waals surface area contributed by atoms with Crippen molar-refractivity contribution in [3.8, 4) is 20.9 Å². The molecule has 0 unspecified atom stereocenters. The molecule has 0 fully saturated rings. The van der Waals surface area contributed by atoms with E-state index in [1.807, 2.05) is 45.3 Å². The Morgan fingerprint density at radius 2 is 0.850 bits per heavy atom. The second-order valence-electron chi connectivity index (χ2n) is 10.6. The number of thiophene rings is 4. The zero-order valence-corrected chi connectivity index (χ0v) is 25.1. The summed E-state index contributed by atoms with van der Waals surface area (Å²) in [6, 6.07) is 37.1. The van der Waals surface area contributed by atoms with Gasteiger partial charge in [0, 0.05) is 70.6 Å². The van der Waals surface area contributed by atoms with Crippen LogP contribution in [0.1, 0.15) is 9.75 Å². The molecule has 0 N–H and O–H groups in total. The minimum Gasteiger partial charge on any atom is -0.141 e. The Hall–Kier alpha value is -3.54. The largest absolute Gasteiger partial charge is 0.141 e. The molecule has 0 saturated carbocycles. The van der Waals surface area contributed by atoms with Gasteiger partial charge in [-0.1, -0.05) is 36.4 Å². The van der Waals surface area contributed by atoms with E-state index >= 15 is 0 Å². The number of hydrogen-bond donors (Lipinski definition) is 0. The van der Waals surface area contributed by atoms with Crippen LogP contribution in [0, 0.1) is 13.8 Å². The van der Waals surface area contributed by atoms with Gasteiger partial charge < -0.3 is 0 Å². The molecule has 0 spiro atoms. The monoisotopic (exact) mass is 582 g/mol. The minimum atomic E-state index is 1.31. The average Bonchev–Trinajstić information content (AvgIpc) is 3.76. The van der Waals surface area contributed by atoms with Gasteiger partial charge in [-0.05, 0) is 96.4 Å². The Labute approximate surface area is 247 Å². The summed E-state index contributed by atoms with van der Waals surface area (Å²) in [6.45, 7) is 4.36. The van der Waals surface area contributed by atoms with E-state index in [1.54, 1.807) is 0 Å². The molecule has 5 aromatic carbocycles. The van der Waals surface area contributed by atoms with E-state index in [0.29, 0.717) is 0 Å². The smallest absolute Gasteiger partial charge is 0.0434 e. The van der Waals surface area contributed by atoms with E-state index in [-0.39, 0.29) is 0 Å². The molecule has 190 valence electrons. The molecule has 9 rings (SSSR count). The van der Waals surface area contributed by atoms with E-state index < -0.39 is 0 Å². The molecule has 0 radical (unpaired) electrons. The van der Waals surface area contributed by atoms with Crippen molar-refractivity contribution in [2.45, 2.75) is 13.8 Å². The Balaban J connectivity index is 1.25. The van der Waals surface area contributed by atoms with Crippen LogP contribution in [0.5, 0.6) is 0 Å². The molecular formula is C36H22S4. The first-order valence-corrected chi connectivity index (χ1v) is 16.7. The third kappa shape index (κ3) is 3.40. The third-order valence-corrected chi connectivity index (χ3v) is 12.6. The maximum Gasteiger partial charge on any atom is 0.0434 e. The lowest BCUT2D eigenvalue weighted by atomic mass is 9.99. The summed E-state index contributed by atoms with van der Waals surface area (Å²) in [5, 5.41) is 10.8. The van der Waals surface area contributed by atoms with Gasteiger partial charge in [0.1, 0.15) is 0 Å². The Morgan fingerprint density at radius 1 is 0.375 bits per heavy atom. The van der Waals surface area contributed by atoms with Crippen LogP contribution >= 0.6 is 45.3 Å². The molecule has 0 atom stereocenters. The van der Waals surface area contributed by atoms with Crippen molar-refractivity contribution in [3.63, 3.8) is 0 Å². The van der Waals surface area contributed by atoms with Gasteiger partial charge in [0.2, 0.25) is 0 Å². The lowest BCUT2D eigenvalue weighted by Crippen LogP contribution is -1.78. The van der Waals surface area contributed by atoms with Crippen molar-refractivity contribution >= 4 is 107 Å². The van der Waals surface area contributed by atoms with Crippen LogP contribution in [-0.2, 0) is 0 Å². The van der Waals surface area contributed by atoms with Crippen LogP contribution < -0.4 is 0 Å². The van der Waals surface area contributed by atoms with Crippen LogP contribution in [0.3, 0.4) is 0 Å². The van der Waals surface area contributed by atoms with E-state index in [2.05, 4.69) is 111 Å². The van der Waals surface area contributed by atoms with Gasteiger partial charge in [0.05, 0.1) is 0 Å². The van der Waals surface area contributed by atoms with Crippen LogP contribution in [0.15, 0.2) is 97.1 Å². The first-order valence-electron chi connectivity index (χ1n) is 13.4. The lowest BCUT2D eigenvalue weighted by Gasteiger charge is -2.05. The molecule has 4 heteroatoms. The molecule has 9 aromatic rings. The Kier molecular flexibility index (Phi) is 4.92. The van der Waals surface area contributed by atoms with E-state index in [0.717, 1.165) is 0 Å². The highest BCUT2D eigenvalue weighted by Crippen LogP contribution is 2.45. The van der Waals surface area contributed by atoms with Crippen LogP contribution in [0.2, 0.25) is 0 Å². The predicted octanol–water partition coefficient (Wildman–Crippen LogP) is 12.8. The van der Waals surface area contributed by atoms with Crippen LogP contribution in [-0.4, -0.2) is 0 Å². The standard InChI is InChI=1S/C36H22S4/c1-19-3-11-31(37-19)23-7-13-33-29(17-23)25-9-5-21-16-28-22(15-27(21)35(25)39-33)6-10-26-30-18-24(32-12-4-20(2)38-32)8-14-34(30)40-36(26)28/h3-18H,1-2H3. The molecular weight excluding hydrogens is 561 g/mol. The van der Waals surface area contributed by atoms with Crippen LogP contribution in [0.25, 0.3) is 82.8 Å². The first kappa shape index (κ1) is 23.2. The van der Waals surface area contributed by atoms with Crippen molar-refractivity contribution < 1.29 is 0 Å². The van der Waals surface area contributed by atoms with Gasteiger partial charge in [-0.3, -0.25) is 0 Å². The molecule has 4 aromatic heterocycles. The quantitative estimate of drug-likeness (QED) is 0.178. The lowest BCUT2D eigenvalue weighted by molar-refractivity contribution is 1.64. The average molecular weight is 583 g/mol. The number of rotatable bonds is 2. The third-order valence-electron chi connectivity index (χ3n) is 8.07. The summed E-state index contributed by atoms with van der Waals surface area (Å²) in [6.07, 6.45) is 0. The molecule has 4 heterocycles. The number of benzene rings is 5. The van der Waals surface area contributed by atoms with E-state index in [1.165, 1.54) is 92.5 Å². The molecule has 0 amide bonds. The van der Waals surface area contributed by atoms with Gasteiger partial charge in [-0.15, -0.1) is 45.3 Å². The molecule has 0 aliphatic heterocycles. The second kappa shape index (κ2) is 8.48. The fraction of sp³-hybridized carbons (Fsp3) is 0.0556. The number of fused-ring (bicyclic) bond motifs is 10. The summed E-state index contributed by atoms with van der Waals surface area (Å²) in [5.74, 6) is 0. The molecule has 0 nitrogen and oxygen atoms in total. The summed E-state index contributed by atoms with van der Waals surface area (Å²) >= 11 is 7.59. The molecule has 0 saturated heterocycles. The summed E-state index contributed by atoms with van der Waals surface area (Å²) in [4.78, 5) is 5.40. The van der Waals surface area contributed by atoms with Crippen molar-refractivity contribution in [2.75, 3.05) is 0 Å². The SMILES string of the molecule is Cc1ccc(-c2ccc3sc4c5cc6ccc7c8cc(-c9ccc(C)s9)ccc8sc7c6cc5ccc4c3c2)s1. The van der Waals surface area contributed by atoms with Crippen molar-refractivity contribution in [1.29, 1.82) is 0 Å². The van der Waals surface area contributed by atoms with Crippen LogP contribution in [0.4, 0.5) is 0 Å². The molecule has 0 bridgehead atoms. The van der Waals surface area contributed by atoms with Crippen molar-refractivity contribution in [2.24, 2.45) is 0 Å². The summed E-state index contributed by atoms with van der Waals surface area (Å²) in [7, 11) is 0. The fourth-order valence-corrected chi connectivity index (χ4v) is 10.2. The Bertz CT molecular complexity index is 2280. The van der Waals surface area contributed by atoms with E-state index in [4.69, 9.17) is 0 Å². The summed E-state index contributed by atoms with van der Waals surface area (Å²) < 4.78 is 5.50. The summed E-state index contributed by atoms with van der Waals surface area (Å²) in [5.41, 5.74) is 2.63. The maximum absolute atomic E-state index is 2.43. The molecule has 40 heavy (non-hydrogen) atoms. The zero-order valence-electron chi connectivity index (χ0n) is 21.9. The van der Waals surface area contributed by atoms with Gasteiger partial charge in [0.25, 0.3) is 0 Å². The highest BCUT2D eigenvalue weighted by Gasteiger charge is 2.14. The van der Waals surface area contributed by atoms with Gasteiger partial charge in [-0.25, -0.2) is 0 Å². The number of hydrogen-bond acceptors (Lipinski definition) is 4. The minimum absolute atomic E-state index is 1.31. The van der Waals surface area contributed by atoms with Gasteiger partial charge in [0.15, 0.2) is 0 Å². The topological polar surface area (TPSA) is 0 Å². The zero-order chi connectivity index (χ0) is 26.5. The normalized spacial score (nSPS) is 12.2. The van der Waals surface area contributed by atoms with Gasteiger partial charge in [-0.2, -0.15) is 0 Å². The molecule has 0 aliphatic rings. The van der Waals surface area contributed by atoms with Crippen molar-refractivity contribution in [3.05, 3.63) is 107 Å². The first-order chi connectivity index (χ1) is 19.6. The van der Waals surface area contributed by atoms with Gasteiger partial charge >= 0.3 is 0 Å².